The van der Waals surface area contributed by atoms with E-state index in [-0.39, 0.29) is 0 Å². The van der Waals surface area contributed by atoms with E-state index < -0.39 is 0 Å². The molecular weight excluding hydrogens is 470 g/mol. The molecule has 2 saturated heterocycles. The highest BCUT2D eigenvalue weighted by molar-refractivity contribution is 5.92. The summed E-state index contributed by atoms with van der Waals surface area (Å²) in [5.41, 5.74) is 6.45. The van der Waals surface area contributed by atoms with Crippen LogP contribution in [0.1, 0.15) is 75.3 Å². The minimum absolute atomic E-state index is 0.412. The Bertz CT molecular complexity index is 1240. The average molecular weight is 516 g/mol. The number of aromatic nitrogens is 1. The maximum Gasteiger partial charge on any atom is 0.161 e. The zero-order valence-electron chi connectivity index (χ0n) is 23.8. The van der Waals surface area contributed by atoms with Gasteiger partial charge >= 0.3 is 0 Å². The molecule has 3 fully saturated rings. The maximum atomic E-state index is 5.60. The molecule has 5 heteroatoms. The Balaban J connectivity index is 1.17. The van der Waals surface area contributed by atoms with Crippen LogP contribution in [-0.4, -0.2) is 67.8 Å². The Morgan fingerprint density at radius 2 is 1.58 bits per heavy atom. The van der Waals surface area contributed by atoms with Gasteiger partial charge < -0.3 is 24.3 Å². The highest BCUT2D eigenvalue weighted by Crippen LogP contribution is 2.41. The molecule has 2 aromatic carbocycles. The van der Waals surface area contributed by atoms with Crippen molar-refractivity contribution in [3.8, 4) is 22.8 Å². The van der Waals surface area contributed by atoms with Crippen LogP contribution in [0.2, 0.25) is 0 Å². The van der Waals surface area contributed by atoms with Gasteiger partial charge in [0.25, 0.3) is 0 Å². The van der Waals surface area contributed by atoms with Crippen LogP contribution in [0.3, 0.4) is 0 Å². The number of nitrogens with one attached hydrogen (secondary N) is 1. The summed E-state index contributed by atoms with van der Waals surface area (Å²) >= 11 is 0. The summed E-state index contributed by atoms with van der Waals surface area (Å²) in [5, 5.41) is 1.37. The molecule has 1 saturated carbocycles. The SMILES string of the molecule is COc1ccc(-c2[nH]c3ccc(C4CCN(C5CCN(CC6CC6)CC5)CC4)cc3c2C(C)C)cc1OC. The zero-order chi connectivity index (χ0) is 26.2. The summed E-state index contributed by atoms with van der Waals surface area (Å²) < 4.78 is 11.1. The minimum atomic E-state index is 0.412. The zero-order valence-corrected chi connectivity index (χ0v) is 23.8. The van der Waals surface area contributed by atoms with E-state index in [1.807, 2.05) is 6.07 Å². The smallest absolute Gasteiger partial charge is 0.161 e. The summed E-state index contributed by atoms with van der Waals surface area (Å²) in [6, 6.07) is 14.2. The largest absolute Gasteiger partial charge is 0.493 e. The fourth-order valence-corrected chi connectivity index (χ4v) is 7.03. The molecular formula is C33H45N3O2. The third kappa shape index (κ3) is 5.20. The number of benzene rings is 2. The molecule has 0 atom stereocenters. The van der Waals surface area contributed by atoms with Crippen LogP contribution in [0, 0.1) is 5.92 Å². The first-order valence-electron chi connectivity index (χ1n) is 14.9. The fourth-order valence-electron chi connectivity index (χ4n) is 7.03. The summed E-state index contributed by atoms with van der Waals surface area (Å²) in [6.45, 7) is 11.1. The van der Waals surface area contributed by atoms with Crippen LogP contribution >= 0.6 is 0 Å². The van der Waals surface area contributed by atoms with Crippen molar-refractivity contribution in [2.24, 2.45) is 5.92 Å². The van der Waals surface area contributed by atoms with Crippen LogP contribution in [0.25, 0.3) is 22.2 Å². The summed E-state index contributed by atoms with van der Waals surface area (Å²) in [6.07, 6.45) is 8.22. The van der Waals surface area contributed by atoms with Crippen molar-refractivity contribution in [2.45, 2.75) is 70.3 Å². The van der Waals surface area contributed by atoms with Crippen LogP contribution in [0.15, 0.2) is 36.4 Å². The molecule has 0 radical (unpaired) electrons. The van der Waals surface area contributed by atoms with E-state index in [1.165, 1.54) is 99.0 Å². The Morgan fingerprint density at radius 1 is 0.842 bits per heavy atom. The van der Waals surface area contributed by atoms with Gasteiger partial charge in [-0.1, -0.05) is 19.9 Å². The Kier molecular flexibility index (Phi) is 7.41. The van der Waals surface area contributed by atoms with Gasteiger partial charge in [0, 0.05) is 29.1 Å². The van der Waals surface area contributed by atoms with Gasteiger partial charge in [-0.3, -0.25) is 0 Å². The first-order chi connectivity index (χ1) is 18.5. The second-order valence-electron chi connectivity index (χ2n) is 12.2. The van der Waals surface area contributed by atoms with Crippen LogP contribution < -0.4 is 9.47 Å². The number of methoxy groups -OCH3 is 2. The number of H-pyrrole nitrogens is 1. The van der Waals surface area contributed by atoms with E-state index in [4.69, 9.17) is 9.47 Å². The number of fused-ring (bicyclic) bond motifs is 1. The van der Waals surface area contributed by atoms with E-state index >= 15 is 0 Å². The van der Waals surface area contributed by atoms with Crippen molar-refractivity contribution >= 4 is 10.9 Å². The number of ether oxygens (including phenoxy) is 2. The maximum absolute atomic E-state index is 5.60. The topological polar surface area (TPSA) is 40.7 Å². The van der Waals surface area contributed by atoms with Gasteiger partial charge in [0.1, 0.15) is 0 Å². The van der Waals surface area contributed by atoms with Crippen molar-refractivity contribution in [3.63, 3.8) is 0 Å². The van der Waals surface area contributed by atoms with E-state index in [2.05, 4.69) is 59.0 Å². The van der Waals surface area contributed by atoms with Crippen molar-refractivity contribution in [2.75, 3.05) is 46.9 Å². The summed E-state index contributed by atoms with van der Waals surface area (Å²) in [7, 11) is 3.39. The van der Waals surface area contributed by atoms with Gasteiger partial charge in [0.05, 0.1) is 19.9 Å². The minimum Gasteiger partial charge on any atom is -0.493 e. The number of rotatable bonds is 8. The van der Waals surface area contributed by atoms with Gasteiger partial charge in [-0.05, 0) is 124 Å². The number of likely N-dealkylation sites (tertiary alicyclic amines) is 2. The molecule has 204 valence electrons. The van der Waals surface area contributed by atoms with Crippen molar-refractivity contribution in [1.29, 1.82) is 0 Å². The lowest BCUT2D eigenvalue weighted by Gasteiger charge is -2.42. The summed E-state index contributed by atoms with van der Waals surface area (Å²) in [5.74, 6) is 3.61. The lowest BCUT2D eigenvalue weighted by molar-refractivity contribution is 0.0856. The lowest BCUT2D eigenvalue weighted by Crippen LogP contribution is -2.47. The van der Waals surface area contributed by atoms with Gasteiger partial charge in [0.2, 0.25) is 0 Å². The standard InChI is InChI=1S/C33H45N3O2/c1-22(2)32-28-19-25(7-9-29(28)34-33(32)26-8-10-30(37-3)31(20-26)38-4)24-11-17-36(18-12-24)27-13-15-35(16-14-27)21-23-5-6-23/h7-10,19-20,22-24,27,34H,5-6,11-18,21H2,1-4H3. The predicted molar refractivity (Wildman–Crippen MR) is 157 cm³/mol. The number of hydrogen-bond acceptors (Lipinski definition) is 4. The highest BCUT2D eigenvalue weighted by Gasteiger charge is 2.31. The number of hydrogen-bond donors (Lipinski definition) is 1. The number of nitrogens with zero attached hydrogens (tertiary/aromatic N) is 2. The van der Waals surface area contributed by atoms with Crippen molar-refractivity contribution in [1.82, 2.24) is 14.8 Å². The third-order valence-corrected chi connectivity index (χ3v) is 9.40. The van der Waals surface area contributed by atoms with Crippen LogP contribution in [0.4, 0.5) is 0 Å². The van der Waals surface area contributed by atoms with E-state index in [9.17, 15) is 0 Å². The van der Waals surface area contributed by atoms with Crippen LogP contribution in [-0.2, 0) is 0 Å². The Labute approximate surface area is 228 Å². The summed E-state index contributed by atoms with van der Waals surface area (Å²) in [4.78, 5) is 9.29. The fraction of sp³-hybridized carbons (Fsp3) is 0.576. The average Bonchev–Trinajstić information content (AvgIpc) is 3.68. The molecule has 0 unspecified atom stereocenters. The Morgan fingerprint density at radius 3 is 2.24 bits per heavy atom. The van der Waals surface area contributed by atoms with Crippen molar-refractivity contribution in [3.05, 3.63) is 47.5 Å². The van der Waals surface area contributed by atoms with Crippen LogP contribution in [0.5, 0.6) is 11.5 Å². The van der Waals surface area contributed by atoms with Gasteiger partial charge in [-0.25, -0.2) is 0 Å². The van der Waals surface area contributed by atoms with E-state index in [0.717, 1.165) is 29.0 Å². The van der Waals surface area contributed by atoms with Gasteiger partial charge in [-0.15, -0.1) is 0 Å². The molecule has 2 aliphatic heterocycles. The monoisotopic (exact) mass is 515 g/mol. The third-order valence-electron chi connectivity index (χ3n) is 9.40. The number of piperidine rings is 2. The van der Waals surface area contributed by atoms with Crippen molar-refractivity contribution < 1.29 is 9.47 Å². The predicted octanol–water partition coefficient (Wildman–Crippen LogP) is 7.03. The quantitative estimate of drug-likeness (QED) is 0.350. The molecule has 5 nitrogen and oxygen atoms in total. The molecule has 3 aliphatic rings. The van der Waals surface area contributed by atoms with Gasteiger partial charge in [-0.2, -0.15) is 0 Å². The molecule has 0 spiro atoms. The normalized spacial score (nSPS) is 20.4. The van der Waals surface area contributed by atoms with Gasteiger partial charge in [0.15, 0.2) is 11.5 Å². The molecule has 1 N–H and O–H groups in total. The molecule has 0 bridgehead atoms. The molecule has 3 aromatic rings. The molecule has 3 heterocycles. The molecule has 1 aliphatic carbocycles. The molecule has 6 rings (SSSR count). The molecule has 1 aromatic heterocycles. The lowest BCUT2D eigenvalue weighted by atomic mass is 9.86. The second kappa shape index (κ2) is 10.9. The van der Waals surface area contributed by atoms with E-state index in [0.29, 0.717) is 11.8 Å². The molecule has 38 heavy (non-hydrogen) atoms. The Hall–Kier alpha value is -2.50. The highest BCUT2D eigenvalue weighted by atomic mass is 16.5. The molecule has 0 amide bonds. The first-order valence-corrected chi connectivity index (χ1v) is 14.9. The number of aromatic amines is 1. The van der Waals surface area contributed by atoms with E-state index in [1.54, 1.807) is 14.2 Å². The second-order valence-corrected chi connectivity index (χ2v) is 12.2. The first kappa shape index (κ1) is 25.8.